The molecule has 2 aromatic heterocycles. The minimum atomic E-state index is -0.752. The van der Waals surface area contributed by atoms with E-state index in [1.54, 1.807) is 43.3 Å². The average molecular weight is 498 g/mol. The van der Waals surface area contributed by atoms with Crippen LogP contribution in [0, 0.1) is 27.7 Å². The molecule has 188 valence electrons. The van der Waals surface area contributed by atoms with Crippen molar-refractivity contribution in [3.05, 3.63) is 46.6 Å². The standard InChI is InChI=1S/C26H35N5O3S/c1-15-11-17(3)23-19(12-15)16(2)13-21(28-23)31-22(14-18(4)30-31)29-24(32)20(9-10-35-8)27-25(33)34-26(5,6)7/h11-14,20H,9-10H2,1-8H3,(H,27,33)(H,29,32). The molecule has 0 saturated carbocycles. The fourth-order valence-corrected chi connectivity index (χ4v) is 4.34. The first-order valence-electron chi connectivity index (χ1n) is 11.6. The van der Waals surface area contributed by atoms with Gasteiger partial charge in [-0.2, -0.15) is 21.5 Å². The number of aromatic nitrogens is 3. The van der Waals surface area contributed by atoms with Gasteiger partial charge in [0.05, 0.1) is 11.2 Å². The molecule has 0 aliphatic carbocycles. The second kappa shape index (κ2) is 10.7. The molecule has 1 atom stereocenters. The lowest BCUT2D eigenvalue weighted by atomic mass is 10.0. The predicted octanol–water partition coefficient (Wildman–Crippen LogP) is 5.24. The van der Waals surface area contributed by atoms with E-state index in [1.807, 2.05) is 33.1 Å². The summed E-state index contributed by atoms with van der Waals surface area (Å²) in [6.45, 7) is 13.4. The highest BCUT2D eigenvalue weighted by molar-refractivity contribution is 7.98. The molecule has 0 aliphatic rings. The minimum absolute atomic E-state index is 0.338. The number of nitrogens with zero attached hydrogens (tertiary/aromatic N) is 3. The van der Waals surface area contributed by atoms with E-state index in [4.69, 9.17) is 9.72 Å². The Kier molecular flexibility index (Phi) is 8.10. The average Bonchev–Trinajstić information content (AvgIpc) is 3.10. The van der Waals surface area contributed by atoms with E-state index in [-0.39, 0.29) is 5.91 Å². The number of hydrogen-bond donors (Lipinski definition) is 2. The van der Waals surface area contributed by atoms with Crippen LogP contribution in [-0.4, -0.2) is 50.4 Å². The fraction of sp³-hybridized carbons (Fsp3) is 0.462. The number of carbonyl (C=O) groups excluding carboxylic acids is 2. The summed E-state index contributed by atoms with van der Waals surface area (Å²) in [7, 11) is 0. The maximum Gasteiger partial charge on any atom is 0.408 e. The number of pyridine rings is 1. The van der Waals surface area contributed by atoms with Gasteiger partial charge >= 0.3 is 6.09 Å². The largest absolute Gasteiger partial charge is 0.444 e. The van der Waals surface area contributed by atoms with Crippen molar-refractivity contribution in [3.63, 3.8) is 0 Å². The molecule has 8 nitrogen and oxygen atoms in total. The van der Waals surface area contributed by atoms with Crippen molar-refractivity contribution in [2.75, 3.05) is 17.3 Å². The highest BCUT2D eigenvalue weighted by Crippen LogP contribution is 2.26. The second-order valence-electron chi connectivity index (χ2n) is 9.83. The SMILES string of the molecule is CSCCC(NC(=O)OC(C)(C)C)C(=O)Nc1cc(C)nn1-c1cc(C)c2cc(C)cc(C)c2n1. The minimum Gasteiger partial charge on any atom is -0.444 e. The smallest absolute Gasteiger partial charge is 0.408 e. The lowest BCUT2D eigenvalue weighted by Gasteiger charge is -2.23. The van der Waals surface area contributed by atoms with Crippen LogP contribution in [0.25, 0.3) is 16.7 Å². The van der Waals surface area contributed by atoms with Gasteiger partial charge in [-0.05, 0) is 90.2 Å². The van der Waals surface area contributed by atoms with Crippen molar-refractivity contribution in [2.45, 2.75) is 66.5 Å². The van der Waals surface area contributed by atoms with E-state index >= 15 is 0 Å². The van der Waals surface area contributed by atoms with Crippen LogP contribution < -0.4 is 10.6 Å². The summed E-state index contributed by atoms with van der Waals surface area (Å²) in [5.41, 5.74) is 4.33. The van der Waals surface area contributed by atoms with Crippen LogP contribution in [0.4, 0.5) is 10.6 Å². The third-order valence-corrected chi connectivity index (χ3v) is 6.00. The van der Waals surface area contributed by atoms with Crippen LogP contribution >= 0.6 is 11.8 Å². The van der Waals surface area contributed by atoms with Crippen molar-refractivity contribution in [2.24, 2.45) is 0 Å². The summed E-state index contributed by atoms with van der Waals surface area (Å²) in [5.74, 6) is 1.47. The Balaban J connectivity index is 1.91. The van der Waals surface area contributed by atoms with Crippen LogP contribution in [0.2, 0.25) is 0 Å². The third kappa shape index (κ3) is 6.75. The zero-order valence-corrected chi connectivity index (χ0v) is 22.6. The number of alkyl carbamates (subject to hydrolysis) is 1. The van der Waals surface area contributed by atoms with E-state index < -0.39 is 17.7 Å². The Morgan fingerprint density at radius 1 is 1.09 bits per heavy atom. The zero-order valence-electron chi connectivity index (χ0n) is 21.8. The fourth-order valence-electron chi connectivity index (χ4n) is 3.87. The normalized spacial score (nSPS) is 12.5. The van der Waals surface area contributed by atoms with Crippen molar-refractivity contribution in [1.29, 1.82) is 0 Å². The molecular formula is C26H35N5O3S. The molecular weight excluding hydrogens is 462 g/mol. The number of ether oxygens (including phenoxy) is 1. The van der Waals surface area contributed by atoms with Crippen LogP contribution in [0.5, 0.6) is 0 Å². The van der Waals surface area contributed by atoms with E-state index in [0.717, 1.165) is 27.7 Å². The molecule has 1 unspecified atom stereocenters. The predicted molar refractivity (Wildman–Crippen MR) is 143 cm³/mol. The monoisotopic (exact) mass is 497 g/mol. The van der Waals surface area contributed by atoms with E-state index in [9.17, 15) is 9.59 Å². The number of fused-ring (bicyclic) bond motifs is 1. The lowest BCUT2D eigenvalue weighted by molar-refractivity contribution is -0.118. The molecule has 9 heteroatoms. The summed E-state index contributed by atoms with van der Waals surface area (Å²) < 4.78 is 6.99. The quantitative estimate of drug-likeness (QED) is 0.463. The van der Waals surface area contributed by atoms with Crippen LogP contribution in [0.15, 0.2) is 24.3 Å². The lowest BCUT2D eigenvalue weighted by Crippen LogP contribution is -2.46. The number of aryl methyl sites for hydroxylation is 4. The van der Waals surface area contributed by atoms with Gasteiger partial charge < -0.3 is 15.4 Å². The summed E-state index contributed by atoms with van der Waals surface area (Å²) in [6.07, 6.45) is 1.80. The molecule has 0 radical (unpaired) electrons. The topological polar surface area (TPSA) is 98.1 Å². The summed E-state index contributed by atoms with van der Waals surface area (Å²) in [4.78, 5) is 30.5. The number of hydrogen-bond acceptors (Lipinski definition) is 6. The van der Waals surface area contributed by atoms with Crippen LogP contribution in [0.3, 0.4) is 0 Å². The van der Waals surface area contributed by atoms with Gasteiger partial charge in [0.1, 0.15) is 17.5 Å². The van der Waals surface area contributed by atoms with Gasteiger partial charge in [-0.15, -0.1) is 0 Å². The molecule has 1 aromatic carbocycles. The number of benzene rings is 1. The van der Waals surface area contributed by atoms with Crippen LogP contribution in [0.1, 0.15) is 49.6 Å². The first-order valence-corrected chi connectivity index (χ1v) is 13.0. The highest BCUT2D eigenvalue weighted by Gasteiger charge is 2.25. The molecule has 0 fully saturated rings. The molecule has 0 spiro atoms. The number of rotatable bonds is 7. The number of amides is 2. The molecule has 2 N–H and O–H groups in total. The number of carbonyl (C=O) groups is 2. The second-order valence-corrected chi connectivity index (χ2v) is 10.8. The maximum absolute atomic E-state index is 13.2. The van der Waals surface area contributed by atoms with Gasteiger partial charge in [0.15, 0.2) is 5.82 Å². The number of thioether (sulfide) groups is 1. The van der Waals surface area contributed by atoms with Crippen molar-refractivity contribution >= 4 is 40.5 Å². The number of nitrogens with one attached hydrogen (secondary N) is 2. The van der Waals surface area contributed by atoms with E-state index in [0.29, 0.717) is 23.8 Å². The summed E-state index contributed by atoms with van der Waals surface area (Å²) in [5, 5.41) is 11.3. The molecule has 0 saturated heterocycles. The van der Waals surface area contributed by atoms with Gasteiger partial charge in [0.25, 0.3) is 0 Å². The Morgan fingerprint density at radius 2 is 1.80 bits per heavy atom. The van der Waals surface area contributed by atoms with Gasteiger partial charge in [0.2, 0.25) is 5.91 Å². The molecule has 3 rings (SSSR count). The molecule has 0 bridgehead atoms. The van der Waals surface area contributed by atoms with Crippen molar-refractivity contribution in [3.8, 4) is 5.82 Å². The van der Waals surface area contributed by atoms with Gasteiger partial charge in [-0.25, -0.2) is 9.78 Å². The summed E-state index contributed by atoms with van der Waals surface area (Å²) >= 11 is 1.60. The Labute approximate surface area is 211 Å². The number of anilines is 1. The van der Waals surface area contributed by atoms with Gasteiger partial charge in [-0.3, -0.25) is 4.79 Å². The Morgan fingerprint density at radius 3 is 2.46 bits per heavy atom. The maximum atomic E-state index is 13.2. The Hall–Kier alpha value is -3.07. The van der Waals surface area contributed by atoms with Crippen molar-refractivity contribution < 1.29 is 14.3 Å². The molecule has 35 heavy (non-hydrogen) atoms. The molecule has 3 aromatic rings. The highest BCUT2D eigenvalue weighted by atomic mass is 32.2. The van der Waals surface area contributed by atoms with E-state index in [2.05, 4.69) is 34.8 Å². The first kappa shape index (κ1) is 26.5. The molecule has 2 heterocycles. The molecule has 0 aliphatic heterocycles. The zero-order chi connectivity index (χ0) is 25.9. The Bertz CT molecular complexity index is 1250. The van der Waals surface area contributed by atoms with E-state index in [1.165, 1.54) is 5.56 Å². The van der Waals surface area contributed by atoms with Crippen molar-refractivity contribution in [1.82, 2.24) is 20.1 Å². The molecule has 2 amide bonds. The third-order valence-electron chi connectivity index (χ3n) is 5.36. The first-order chi connectivity index (χ1) is 16.4. The van der Waals surface area contributed by atoms with Gasteiger partial charge in [-0.1, -0.05) is 11.6 Å². The van der Waals surface area contributed by atoms with Gasteiger partial charge in [0, 0.05) is 11.5 Å². The summed E-state index contributed by atoms with van der Waals surface area (Å²) in [6, 6.07) is 7.24. The van der Waals surface area contributed by atoms with Crippen LogP contribution in [-0.2, 0) is 9.53 Å².